The summed E-state index contributed by atoms with van der Waals surface area (Å²) in [4.78, 5) is 32.7. The van der Waals surface area contributed by atoms with Crippen molar-refractivity contribution in [2.24, 2.45) is 7.05 Å². The molecular formula is C19H20N4O3. The molecule has 1 fully saturated rings. The van der Waals surface area contributed by atoms with Crippen molar-refractivity contribution in [1.29, 1.82) is 0 Å². The number of rotatable bonds is 3. The molecule has 0 N–H and O–H groups in total. The Balaban J connectivity index is 1.35. The van der Waals surface area contributed by atoms with Gasteiger partial charge < -0.3 is 18.8 Å². The van der Waals surface area contributed by atoms with Crippen LogP contribution in [-0.4, -0.2) is 57.3 Å². The Hall–Kier alpha value is -3.09. The molecule has 0 aliphatic carbocycles. The average molecular weight is 352 g/mol. The molecule has 2 aromatic heterocycles. The summed E-state index contributed by atoms with van der Waals surface area (Å²) >= 11 is 0. The molecule has 134 valence electrons. The summed E-state index contributed by atoms with van der Waals surface area (Å²) in [6.45, 7) is 2.23. The molecule has 7 heteroatoms. The second-order valence-corrected chi connectivity index (χ2v) is 6.57. The van der Waals surface area contributed by atoms with Gasteiger partial charge in [0.25, 0.3) is 5.91 Å². The molecule has 1 aliphatic heterocycles. The Kier molecular flexibility index (Phi) is 4.20. The van der Waals surface area contributed by atoms with Crippen molar-refractivity contribution in [3.05, 3.63) is 54.2 Å². The highest BCUT2D eigenvalue weighted by atomic mass is 16.3. The fourth-order valence-electron chi connectivity index (χ4n) is 3.27. The molecule has 3 heterocycles. The van der Waals surface area contributed by atoms with E-state index in [2.05, 4.69) is 4.98 Å². The van der Waals surface area contributed by atoms with Crippen molar-refractivity contribution < 1.29 is 14.0 Å². The highest BCUT2D eigenvalue weighted by Gasteiger charge is 2.25. The third kappa shape index (κ3) is 3.20. The minimum Gasteiger partial charge on any atom is -0.443 e. The van der Waals surface area contributed by atoms with Gasteiger partial charge in [-0.05, 0) is 23.8 Å². The second-order valence-electron chi connectivity index (χ2n) is 6.57. The zero-order chi connectivity index (χ0) is 18.1. The van der Waals surface area contributed by atoms with E-state index in [0.717, 1.165) is 11.1 Å². The summed E-state index contributed by atoms with van der Waals surface area (Å²) in [5, 5.41) is 0. The number of amides is 2. The van der Waals surface area contributed by atoms with Crippen LogP contribution in [0.4, 0.5) is 0 Å². The van der Waals surface area contributed by atoms with Crippen LogP contribution in [0.15, 0.2) is 47.5 Å². The van der Waals surface area contributed by atoms with Crippen LogP contribution < -0.4 is 0 Å². The van der Waals surface area contributed by atoms with E-state index >= 15 is 0 Å². The molecule has 1 aliphatic rings. The molecule has 0 radical (unpaired) electrons. The first-order valence-corrected chi connectivity index (χ1v) is 8.61. The van der Waals surface area contributed by atoms with Crippen LogP contribution >= 0.6 is 0 Å². The lowest BCUT2D eigenvalue weighted by Gasteiger charge is -2.34. The highest BCUT2D eigenvalue weighted by molar-refractivity contribution is 5.94. The highest BCUT2D eigenvalue weighted by Crippen LogP contribution is 2.16. The summed E-state index contributed by atoms with van der Waals surface area (Å²) in [6, 6.07) is 7.44. The third-order valence-electron chi connectivity index (χ3n) is 4.75. The molecular weight excluding hydrogens is 332 g/mol. The lowest BCUT2D eigenvalue weighted by atomic mass is 10.1. The van der Waals surface area contributed by atoms with Gasteiger partial charge in [-0.2, -0.15) is 0 Å². The van der Waals surface area contributed by atoms with Gasteiger partial charge in [0.05, 0.1) is 12.0 Å². The van der Waals surface area contributed by atoms with E-state index in [-0.39, 0.29) is 11.8 Å². The summed E-state index contributed by atoms with van der Waals surface area (Å²) < 4.78 is 7.15. The number of nitrogens with zero attached hydrogens (tertiary/aromatic N) is 4. The van der Waals surface area contributed by atoms with Gasteiger partial charge in [-0.1, -0.05) is 6.07 Å². The molecule has 2 amide bonds. The van der Waals surface area contributed by atoms with E-state index in [9.17, 15) is 9.59 Å². The number of carbonyl (C=O) groups excluding carboxylic acids is 2. The maximum atomic E-state index is 12.6. The number of fused-ring (bicyclic) bond motifs is 1. The quantitative estimate of drug-likeness (QED) is 0.719. The van der Waals surface area contributed by atoms with E-state index < -0.39 is 0 Å². The summed E-state index contributed by atoms with van der Waals surface area (Å²) in [5.41, 5.74) is 3.07. The number of carbonyl (C=O) groups is 2. The number of aryl methyl sites for hydroxylation is 1. The van der Waals surface area contributed by atoms with Crippen LogP contribution in [-0.2, 0) is 18.3 Å². The zero-order valence-corrected chi connectivity index (χ0v) is 14.6. The van der Waals surface area contributed by atoms with Gasteiger partial charge in [0.15, 0.2) is 12.0 Å². The van der Waals surface area contributed by atoms with Gasteiger partial charge >= 0.3 is 0 Å². The first-order chi connectivity index (χ1) is 12.6. The first-order valence-electron chi connectivity index (χ1n) is 8.61. The van der Waals surface area contributed by atoms with Crippen molar-refractivity contribution in [2.75, 3.05) is 26.2 Å². The number of hydrogen-bond acceptors (Lipinski definition) is 4. The van der Waals surface area contributed by atoms with E-state index in [1.807, 2.05) is 53.2 Å². The minimum atomic E-state index is 0.0217. The lowest BCUT2D eigenvalue weighted by Crippen LogP contribution is -2.50. The van der Waals surface area contributed by atoms with Crippen LogP contribution in [0.5, 0.6) is 0 Å². The summed E-state index contributed by atoms with van der Waals surface area (Å²) in [7, 11) is 1.89. The molecule has 7 nitrogen and oxygen atoms in total. The molecule has 1 saturated heterocycles. The van der Waals surface area contributed by atoms with Crippen LogP contribution in [0.25, 0.3) is 11.1 Å². The number of aromatic nitrogens is 2. The van der Waals surface area contributed by atoms with Crippen molar-refractivity contribution in [1.82, 2.24) is 19.4 Å². The standard InChI is InChI=1S/C19H20N4O3/c1-21-5-4-15(12-21)19(25)23-8-6-22(7-9-23)18(24)11-14-2-3-16-17(10-14)26-13-20-16/h2-5,10,12-13H,6-9,11H2,1H3. The van der Waals surface area contributed by atoms with Crippen LogP contribution in [0, 0.1) is 0 Å². The molecule has 4 rings (SSSR count). The van der Waals surface area contributed by atoms with Gasteiger partial charge in [0.1, 0.15) is 5.52 Å². The molecule has 26 heavy (non-hydrogen) atoms. The Bertz CT molecular complexity index is 951. The predicted octanol–water partition coefficient (Wildman–Crippen LogP) is 1.69. The molecule has 0 saturated carbocycles. The Morgan fingerprint density at radius 2 is 1.88 bits per heavy atom. The van der Waals surface area contributed by atoms with Crippen LogP contribution in [0.1, 0.15) is 15.9 Å². The number of benzene rings is 1. The Labute approximate surface area is 150 Å². The van der Waals surface area contributed by atoms with Crippen molar-refractivity contribution in [3.63, 3.8) is 0 Å². The second kappa shape index (κ2) is 6.67. The largest absolute Gasteiger partial charge is 0.443 e. The summed E-state index contributed by atoms with van der Waals surface area (Å²) in [5.74, 6) is 0.0872. The molecule has 0 spiro atoms. The molecule has 0 bridgehead atoms. The fraction of sp³-hybridized carbons (Fsp3) is 0.316. The number of oxazole rings is 1. The topological polar surface area (TPSA) is 71.6 Å². The minimum absolute atomic E-state index is 0.0217. The Morgan fingerprint density at radius 1 is 1.12 bits per heavy atom. The maximum Gasteiger partial charge on any atom is 0.255 e. The molecule has 1 aromatic carbocycles. The van der Waals surface area contributed by atoms with Gasteiger partial charge in [-0.25, -0.2) is 4.98 Å². The van der Waals surface area contributed by atoms with Crippen molar-refractivity contribution >= 4 is 22.9 Å². The average Bonchev–Trinajstić information content (AvgIpc) is 3.29. The SMILES string of the molecule is Cn1ccc(C(=O)N2CCN(C(=O)Cc3ccc4ncoc4c3)CC2)c1. The van der Waals surface area contributed by atoms with Crippen molar-refractivity contribution in [2.45, 2.75) is 6.42 Å². The van der Waals surface area contributed by atoms with Gasteiger partial charge in [0.2, 0.25) is 5.91 Å². The van der Waals surface area contributed by atoms with E-state index in [1.165, 1.54) is 6.39 Å². The molecule has 3 aromatic rings. The summed E-state index contributed by atoms with van der Waals surface area (Å²) in [6.07, 6.45) is 5.40. The van der Waals surface area contributed by atoms with Crippen LogP contribution in [0.3, 0.4) is 0 Å². The normalized spacial score (nSPS) is 14.8. The van der Waals surface area contributed by atoms with Crippen molar-refractivity contribution in [3.8, 4) is 0 Å². The van der Waals surface area contributed by atoms with Gasteiger partial charge in [-0.3, -0.25) is 9.59 Å². The lowest BCUT2D eigenvalue weighted by molar-refractivity contribution is -0.131. The van der Waals surface area contributed by atoms with Crippen LogP contribution in [0.2, 0.25) is 0 Å². The van der Waals surface area contributed by atoms with E-state index in [4.69, 9.17) is 4.42 Å². The number of hydrogen-bond donors (Lipinski definition) is 0. The molecule has 0 unspecified atom stereocenters. The maximum absolute atomic E-state index is 12.6. The van der Waals surface area contributed by atoms with Gasteiger partial charge in [-0.15, -0.1) is 0 Å². The van der Waals surface area contributed by atoms with Gasteiger partial charge in [0, 0.05) is 45.6 Å². The third-order valence-corrected chi connectivity index (χ3v) is 4.75. The predicted molar refractivity (Wildman–Crippen MR) is 95.6 cm³/mol. The zero-order valence-electron chi connectivity index (χ0n) is 14.6. The van der Waals surface area contributed by atoms with E-state index in [0.29, 0.717) is 43.7 Å². The number of piperazine rings is 1. The van der Waals surface area contributed by atoms with E-state index in [1.54, 1.807) is 4.90 Å². The Morgan fingerprint density at radius 3 is 2.62 bits per heavy atom. The monoisotopic (exact) mass is 352 g/mol. The smallest absolute Gasteiger partial charge is 0.255 e. The molecule has 0 atom stereocenters. The fourth-order valence-corrected chi connectivity index (χ4v) is 3.27. The first kappa shape index (κ1) is 16.4.